The molecule has 0 spiro atoms. The molecule has 0 saturated heterocycles. The van der Waals surface area contributed by atoms with Gasteiger partial charge in [-0.1, -0.05) is 48.5 Å². The predicted molar refractivity (Wildman–Crippen MR) is 124 cm³/mol. The van der Waals surface area contributed by atoms with Gasteiger partial charge < -0.3 is 19.2 Å². The van der Waals surface area contributed by atoms with Gasteiger partial charge in [0.2, 0.25) is 0 Å². The summed E-state index contributed by atoms with van der Waals surface area (Å²) in [6, 6.07) is 24.9. The SMILES string of the molecule is COc1ccc(COc2ccc(/C=N\NC(=O)CNc3cccc4ccccc34)o2)cc1. The number of hydrogen-bond donors (Lipinski definition) is 2. The molecule has 0 aliphatic carbocycles. The average molecular weight is 429 g/mol. The topological polar surface area (TPSA) is 85.1 Å². The summed E-state index contributed by atoms with van der Waals surface area (Å²) in [5, 5.41) is 9.25. The number of furan rings is 1. The third-order valence-corrected chi connectivity index (χ3v) is 4.75. The van der Waals surface area contributed by atoms with E-state index in [0.29, 0.717) is 18.3 Å². The van der Waals surface area contributed by atoms with Crippen LogP contribution in [0.3, 0.4) is 0 Å². The summed E-state index contributed by atoms with van der Waals surface area (Å²) in [6.45, 7) is 0.463. The molecular formula is C25H23N3O4. The largest absolute Gasteiger partial charge is 0.497 e. The van der Waals surface area contributed by atoms with Gasteiger partial charge in [-0.3, -0.25) is 4.79 Å². The highest BCUT2D eigenvalue weighted by Crippen LogP contribution is 2.22. The summed E-state index contributed by atoms with van der Waals surface area (Å²) < 4.78 is 16.3. The molecule has 0 atom stereocenters. The highest BCUT2D eigenvalue weighted by atomic mass is 16.6. The number of amides is 1. The zero-order chi connectivity index (χ0) is 22.2. The van der Waals surface area contributed by atoms with E-state index in [2.05, 4.69) is 15.8 Å². The van der Waals surface area contributed by atoms with Crippen LogP contribution in [0.25, 0.3) is 10.8 Å². The number of methoxy groups -OCH3 is 1. The zero-order valence-electron chi connectivity index (χ0n) is 17.6. The monoisotopic (exact) mass is 429 g/mol. The minimum atomic E-state index is -0.267. The van der Waals surface area contributed by atoms with E-state index in [9.17, 15) is 4.79 Å². The maximum atomic E-state index is 12.1. The Morgan fingerprint density at radius 2 is 1.81 bits per heavy atom. The second-order valence-corrected chi connectivity index (χ2v) is 6.97. The van der Waals surface area contributed by atoms with E-state index in [-0.39, 0.29) is 12.5 Å². The van der Waals surface area contributed by atoms with E-state index < -0.39 is 0 Å². The number of anilines is 1. The quantitative estimate of drug-likeness (QED) is 0.300. The molecule has 7 nitrogen and oxygen atoms in total. The van der Waals surface area contributed by atoms with Gasteiger partial charge in [0.25, 0.3) is 11.9 Å². The molecule has 0 saturated carbocycles. The third kappa shape index (κ3) is 5.46. The Morgan fingerprint density at radius 3 is 2.66 bits per heavy atom. The smallest absolute Gasteiger partial charge is 0.285 e. The minimum absolute atomic E-state index is 0.0969. The van der Waals surface area contributed by atoms with E-state index in [1.165, 1.54) is 6.21 Å². The molecule has 1 aromatic heterocycles. The van der Waals surface area contributed by atoms with Crippen LogP contribution in [0.15, 0.2) is 88.4 Å². The van der Waals surface area contributed by atoms with Gasteiger partial charge in [0.15, 0.2) is 5.76 Å². The third-order valence-electron chi connectivity index (χ3n) is 4.75. The molecule has 4 rings (SSSR count). The second-order valence-electron chi connectivity index (χ2n) is 6.97. The van der Waals surface area contributed by atoms with Gasteiger partial charge >= 0.3 is 0 Å². The van der Waals surface area contributed by atoms with Crippen LogP contribution in [0.2, 0.25) is 0 Å². The predicted octanol–water partition coefficient (Wildman–Crippen LogP) is 4.58. The highest BCUT2D eigenvalue weighted by Gasteiger charge is 2.05. The van der Waals surface area contributed by atoms with Gasteiger partial charge in [-0.25, -0.2) is 5.43 Å². The number of carbonyl (C=O) groups is 1. The van der Waals surface area contributed by atoms with Crippen molar-refractivity contribution in [1.82, 2.24) is 5.43 Å². The van der Waals surface area contributed by atoms with Crippen LogP contribution in [0.4, 0.5) is 5.69 Å². The van der Waals surface area contributed by atoms with Crippen molar-refractivity contribution in [2.45, 2.75) is 6.61 Å². The summed E-state index contributed by atoms with van der Waals surface area (Å²) in [6.07, 6.45) is 1.43. The lowest BCUT2D eigenvalue weighted by Gasteiger charge is -2.08. The van der Waals surface area contributed by atoms with Crippen molar-refractivity contribution in [3.8, 4) is 11.7 Å². The standard InChI is InChI=1S/C25H23N3O4/c1-30-20-11-9-18(10-12-20)17-31-25-14-13-21(32-25)15-27-28-24(29)16-26-23-8-4-6-19-5-2-3-7-22(19)23/h2-15,26H,16-17H2,1H3,(H,28,29)/b27-15-. The molecule has 0 bridgehead atoms. The van der Waals surface area contributed by atoms with E-state index in [1.54, 1.807) is 19.2 Å². The fourth-order valence-electron chi connectivity index (χ4n) is 3.12. The van der Waals surface area contributed by atoms with Gasteiger partial charge in [-0.15, -0.1) is 0 Å². The Labute approximate surface area is 185 Å². The normalized spacial score (nSPS) is 10.9. The molecule has 1 heterocycles. The summed E-state index contributed by atoms with van der Waals surface area (Å²) in [5.74, 6) is 1.36. The van der Waals surface area contributed by atoms with Gasteiger partial charge in [-0.05, 0) is 35.2 Å². The first kappa shape index (κ1) is 21.0. The Balaban J connectivity index is 1.24. The average Bonchev–Trinajstić information content (AvgIpc) is 3.29. The van der Waals surface area contributed by atoms with Crippen LogP contribution >= 0.6 is 0 Å². The number of carbonyl (C=O) groups excluding carboxylic acids is 1. The Hall–Kier alpha value is -4.26. The molecule has 162 valence electrons. The highest BCUT2D eigenvalue weighted by molar-refractivity contribution is 5.95. The van der Waals surface area contributed by atoms with Crippen LogP contribution in [0.5, 0.6) is 11.7 Å². The van der Waals surface area contributed by atoms with Crippen molar-refractivity contribution in [1.29, 1.82) is 0 Å². The number of fused-ring (bicyclic) bond motifs is 1. The molecule has 2 N–H and O–H groups in total. The van der Waals surface area contributed by atoms with Crippen molar-refractivity contribution in [3.63, 3.8) is 0 Å². The Kier molecular flexibility index (Phi) is 6.67. The van der Waals surface area contributed by atoms with Crippen LogP contribution < -0.4 is 20.2 Å². The Bertz CT molecular complexity index is 1210. The van der Waals surface area contributed by atoms with Gasteiger partial charge in [0.1, 0.15) is 12.4 Å². The van der Waals surface area contributed by atoms with Crippen LogP contribution in [-0.4, -0.2) is 25.8 Å². The summed E-state index contributed by atoms with van der Waals surface area (Å²) >= 11 is 0. The zero-order valence-corrected chi connectivity index (χ0v) is 17.6. The number of benzene rings is 3. The fourth-order valence-corrected chi connectivity index (χ4v) is 3.12. The first-order valence-corrected chi connectivity index (χ1v) is 10.1. The first-order valence-electron chi connectivity index (χ1n) is 10.1. The molecule has 32 heavy (non-hydrogen) atoms. The number of hydrazone groups is 1. The number of rotatable bonds is 9. The fraction of sp³-hybridized carbons (Fsp3) is 0.120. The van der Waals surface area contributed by atoms with Crippen LogP contribution in [0.1, 0.15) is 11.3 Å². The maximum Gasteiger partial charge on any atom is 0.285 e. The lowest BCUT2D eigenvalue weighted by atomic mass is 10.1. The Morgan fingerprint density at radius 1 is 1.00 bits per heavy atom. The molecule has 0 aliphatic heterocycles. The van der Waals surface area contributed by atoms with Crippen molar-refractivity contribution in [2.75, 3.05) is 19.0 Å². The number of hydrogen-bond acceptors (Lipinski definition) is 6. The van der Waals surface area contributed by atoms with Crippen molar-refractivity contribution >= 4 is 28.6 Å². The maximum absolute atomic E-state index is 12.1. The lowest BCUT2D eigenvalue weighted by Crippen LogP contribution is -2.25. The number of nitrogens with one attached hydrogen (secondary N) is 2. The molecular weight excluding hydrogens is 406 g/mol. The molecule has 0 unspecified atom stereocenters. The molecule has 0 aliphatic rings. The van der Waals surface area contributed by atoms with Crippen LogP contribution in [-0.2, 0) is 11.4 Å². The number of nitrogens with zero attached hydrogens (tertiary/aromatic N) is 1. The molecule has 3 aromatic carbocycles. The summed E-state index contributed by atoms with van der Waals surface area (Å²) in [5.41, 5.74) is 4.37. The van der Waals surface area contributed by atoms with Crippen molar-refractivity contribution in [2.24, 2.45) is 5.10 Å². The van der Waals surface area contributed by atoms with E-state index in [4.69, 9.17) is 13.9 Å². The summed E-state index contributed by atoms with van der Waals surface area (Å²) in [4.78, 5) is 12.1. The van der Waals surface area contributed by atoms with E-state index in [1.807, 2.05) is 66.7 Å². The lowest BCUT2D eigenvalue weighted by molar-refractivity contribution is -0.119. The van der Waals surface area contributed by atoms with Crippen molar-refractivity contribution in [3.05, 3.63) is 90.2 Å². The minimum Gasteiger partial charge on any atom is -0.497 e. The van der Waals surface area contributed by atoms with Crippen LogP contribution in [0, 0.1) is 0 Å². The van der Waals surface area contributed by atoms with Crippen molar-refractivity contribution < 1.29 is 18.7 Å². The summed E-state index contributed by atoms with van der Waals surface area (Å²) in [7, 11) is 1.63. The van der Waals surface area contributed by atoms with Gasteiger partial charge in [0.05, 0.1) is 19.9 Å². The number of ether oxygens (including phenoxy) is 2. The molecule has 0 fully saturated rings. The van der Waals surface area contributed by atoms with E-state index >= 15 is 0 Å². The second kappa shape index (κ2) is 10.2. The molecule has 7 heteroatoms. The molecule has 1 amide bonds. The first-order chi connectivity index (χ1) is 15.7. The molecule has 0 radical (unpaired) electrons. The molecule has 4 aromatic rings. The van der Waals surface area contributed by atoms with Gasteiger partial charge in [-0.2, -0.15) is 5.10 Å². The van der Waals surface area contributed by atoms with Gasteiger partial charge in [0, 0.05) is 17.1 Å². The van der Waals surface area contributed by atoms with E-state index in [0.717, 1.165) is 27.8 Å².